The van der Waals surface area contributed by atoms with Crippen LogP contribution in [0.15, 0.2) is 30.3 Å². The second kappa shape index (κ2) is 6.82. The number of pyridine rings is 1. The Morgan fingerprint density at radius 2 is 1.93 bits per heavy atom. The number of para-hydroxylation sites is 1. The molecule has 0 bridgehead atoms. The second-order valence-electron chi connectivity index (χ2n) is 6.99. The highest BCUT2D eigenvalue weighted by molar-refractivity contribution is 7.92. The summed E-state index contributed by atoms with van der Waals surface area (Å²) in [6.45, 7) is 3.17. The molecule has 3 rings (SSSR count). The van der Waals surface area contributed by atoms with Crippen molar-refractivity contribution in [3.05, 3.63) is 36.0 Å². The van der Waals surface area contributed by atoms with Gasteiger partial charge >= 0.3 is 0 Å². The normalized spacial score (nSPS) is 11.9. The fourth-order valence-electron chi connectivity index (χ4n) is 2.79. The van der Waals surface area contributed by atoms with Gasteiger partial charge < -0.3 is 10.8 Å². The van der Waals surface area contributed by atoms with Gasteiger partial charge in [0, 0.05) is 23.6 Å². The number of nitrogens with zero attached hydrogens (tertiary/aromatic N) is 3. The lowest BCUT2D eigenvalue weighted by molar-refractivity contribution is 0.143. The molecule has 0 saturated carbocycles. The van der Waals surface area contributed by atoms with E-state index in [9.17, 15) is 13.5 Å². The summed E-state index contributed by atoms with van der Waals surface area (Å²) in [6.07, 6.45) is 1.08. The van der Waals surface area contributed by atoms with Crippen LogP contribution in [0.4, 0.5) is 11.6 Å². The third-order valence-corrected chi connectivity index (χ3v) is 4.42. The van der Waals surface area contributed by atoms with Crippen molar-refractivity contribution in [1.82, 2.24) is 14.8 Å². The predicted molar refractivity (Wildman–Crippen MR) is 110 cm³/mol. The van der Waals surface area contributed by atoms with Crippen molar-refractivity contribution in [2.24, 2.45) is 7.05 Å². The standard InChI is InChI=1S/C19H21N5O3S/c1-19(2,25)11-10-12-8-9-14(17(20)21-12)13-6-5-7-15-16(13)24(3)22-18(15)23-28(4,26)27/h5-9,25H,1-4H3,(H2,20,21)(H,22,23). The monoisotopic (exact) mass is 399 g/mol. The molecule has 0 aliphatic heterocycles. The topological polar surface area (TPSA) is 123 Å². The van der Waals surface area contributed by atoms with E-state index >= 15 is 0 Å². The zero-order valence-electron chi connectivity index (χ0n) is 16.0. The molecule has 0 amide bonds. The van der Waals surface area contributed by atoms with Gasteiger partial charge in [0.05, 0.1) is 11.8 Å². The molecule has 4 N–H and O–H groups in total. The third kappa shape index (κ3) is 4.24. The van der Waals surface area contributed by atoms with Gasteiger partial charge in [-0.2, -0.15) is 5.10 Å². The maximum absolute atomic E-state index is 11.6. The van der Waals surface area contributed by atoms with Crippen LogP contribution < -0.4 is 10.5 Å². The minimum absolute atomic E-state index is 0.251. The molecular weight excluding hydrogens is 378 g/mol. The molecule has 3 aromatic rings. The molecule has 0 spiro atoms. The SMILES string of the molecule is Cn1nc(NS(C)(=O)=O)c2cccc(-c3ccc(C#CC(C)(C)O)nc3N)c21. The van der Waals surface area contributed by atoms with Gasteiger partial charge in [0.15, 0.2) is 5.82 Å². The maximum atomic E-state index is 11.6. The van der Waals surface area contributed by atoms with Crippen LogP contribution >= 0.6 is 0 Å². The molecule has 1 aromatic carbocycles. The van der Waals surface area contributed by atoms with Crippen LogP contribution in [-0.4, -0.2) is 40.1 Å². The van der Waals surface area contributed by atoms with Gasteiger partial charge in [-0.25, -0.2) is 13.4 Å². The van der Waals surface area contributed by atoms with Gasteiger partial charge in [0.1, 0.15) is 17.1 Å². The number of nitrogens with one attached hydrogen (secondary N) is 1. The molecule has 9 heteroatoms. The summed E-state index contributed by atoms with van der Waals surface area (Å²) < 4.78 is 27.2. The first-order valence-corrected chi connectivity index (χ1v) is 10.3. The van der Waals surface area contributed by atoms with Gasteiger partial charge in [-0.1, -0.05) is 18.1 Å². The van der Waals surface area contributed by atoms with E-state index in [0.717, 1.165) is 17.3 Å². The van der Waals surface area contributed by atoms with Crippen LogP contribution in [0.5, 0.6) is 0 Å². The van der Waals surface area contributed by atoms with Crippen molar-refractivity contribution in [2.75, 3.05) is 16.7 Å². The lowest BCUT2D eigenvalue weighted by atomic mass is 10.0. The summed E-state index contributed by atoms with van der Waals surface area (Å²) in [5, 5.41) is 14.7. The largest absolute Gasteiger partial charge is 0.383 e. The fourth-order valence-corrected chi connectivity index (χ4v) is 3.30. The lowest BCUT2D eigenvalue weighted by Gasteiger charge is -2.09. The first kappa shape index (κ1) is 19.7. The minimum atomic E-state index is -3.46. The van der Waals surface area contributed by atoms with Crippen molar-refractivity contribution >= 4 is 32.6 Å². The molecule has 0 radical (unpaired) electrons. The maximum Gasteiger partial charge on any atom is 0.231 e. The Morgan fingerprint density at radius 3 is 2.54 bits per heavy atom. The zero-order chi connectivity index (χ0) is 20.7. The highest BCUT2D eigenvalue weighted by Gasteiger charge is 2.17. The molecule has 0 fully saturated rings. The number of aromatic nitrogens is 3. The molecule has 0 aliphatic carbocycles. The summed E-state index contributed by atoms with van der Waals surface area (Å²) in [5.74, 6) is 6.02. The smallest absolute Gasteiger partial charge is 0.231 e. The number of rotatable bonds is 3. The predicted octanol–water partition coefficient (Wildman–Crippen LogP) is 1.71. The molecule has 146 valence electrons. The van der Waals surface area contributed by atoms with Crippen LogP contribution in [0.2, 0.25) is 0 Å². The van der Waals surface area contributed by atoms with E-state index in [1.165, 1.54) is 0 Å². The molecule has 28 heavy (non-hydrogen) atoms. The number of aliphatic hydroxyl groups is 1. The van der Waals surface area contributed by atoms with E-state index in [1.807, 2.05) is 6.07 Å². The van der Waals surface area contributed by atoms with Crippen molar-refractivity contribution in [3.63, 3.8) is 0 Å². The number of aryl methyl sites for hydroxylation is 1. The number of sulfonamides is 1. The van der Waals surface area contributed by atoms with E-state index in [0.29, 0.717) is 16.6 Å². The fraction of sp³-hybridized carbons (Fsp3) is 0.263. The van der Waals surface area contributed by atoms with Gasteiger partial charge in [0.25, 0.3) is 0 Å². The summed E-state index contributed by atoms with van der Waals surface area (Å²) in [4.78, 5) is 4.31. The number of anilines is 2. The number of hydrogen-bond donors (Lipinski definition) is 3. The summed E-state index contributed by atoms with van der Waals surface area (Å²) in [6, 6.07) is 8.96. The Bertz CT molecular complexity index is 1230. The van der Waals surface area contributed by atoms with Crippen LogP contribution in [-0.2, 0) is 17.1 Å². The average molecular weight is 399 g/mol. The lowest BCUT2D eigenvalue weighted by Crippen LogP contribution is -2.14. The van der Waals surface area contributed by atoms with E-state index in [2.05, 4.69) is 26.6 Å². The van der Waals surface area contributed by atoms with E-state index in [-0.39, 0.29) is 11.6 Å². The van der Waals surface area contributed by atoms with Crippen molar-refractivity contribution < 1.29 is 13.5 Å². The summed E-state index contributed by atoms with van der Waals surface area (Å²) >= 11 is 0. The van der Waals surface area contributed by atoms with Crippen LogP contribution in [0, 0.1) is 11.8 Å². The molecule has 0 aliphatic rings. The van der Waals surface area contributed by atoms with Gasteiger partial charge in [-0.3, -0.25) is 9.40 Å². The Hall–Kier alpha value is -3.09. The molecule has 2 aromatic heterocycles. The van der Waals surface area contributed by atoms with E-state index in [4.69, 9.17) is 5.73 Å². The van der Waals surface area contributed by atoms with E-state index in [1.54, 1.807) is 49.8 Å². The highest BCUT2D eigenvalue weighted by atomic mass is 32.2. The summed E-state index contributed by atoms with van der Waals surface area (Å²) in [7, 11) is -1.74. The molecule has 8 nitrogen and oxygen atoms in total. The van der Waals surface area contributed by atoms with Crippen molar-refractivity contribution in [2.45, 2.75) is 19.4 Å². The summed E-state index contributed by atoms with van der Waals surface area (Å²) in [5.41, 5.74) is 7.64. The Morgan fingerprint density at radius 1 is 1.21 bits per heavy atom. The number of hydrogen-bond acceptors (Lipinski definition) is 6. The number of nitrogen functional groups attached to an aromatic ring is 1. The number of nitrogens with two attached hydrogens (primary N) is 1. The molecular formula is C19H21N5O3S. The van der Waals surface area contributed by atoms with Crippen LogP contribution in [0.25, 0.3) is 22.0 Å². The van der Waals surface area contributed by atoms with E-state index < -0.39 is 15.6 Å². The Balaban J connectivity index is 2.13. The molecule has 0 unspecified atom stereocenters. The highest BCUT2D eigenvalue weighted by Crippen LogP contribution is 2.34. The molecule has 0 atom stereocenters. The van der Waals surface area contributed by atoms with Crippen molar-refractivity contribution in [1.29, 1.82) is 0 Å². The average Bonchev–Trinajstić information content (AvgIpc) is 2.87. The Kier molecular flexibility index (Phi) is 4.79. The van der Waals surface area contributed by atoms with Gasteiger partial charge in [-0.15, -0.1) is 0 Å². The number of benzene rings is 1. The van der Waals surface area contributed by atoms with Gasteiger partial charge in [-0.05, 0) is 38.0 Å². The first-order valence-electron chi connectivity index (χ1n) is 8.40. The quantitative estimate of drug-likeness (QED) is 0.576. The minimum Gasteiger partial charge on any atom is -0.383 e. The second-order valence-corrected chi connectivity index (χ2v) is 8.73. The van der Waals surface area contributed by atoms with Crippen LogP contribution in [0.1, 0.15) is 19.5 Å². The van der Waals surface area contributed by atoms with Crippen LogP contribution in [0.3, 0.4) is 0 Å². The zero-order valence-corrected chi connectivity index (χ0v) is 16.8. The molecule has 2 heterocycles. The molecule has 0 saturated heterocycles. The van der Waals surface area contributed by atoms with Gasteiger partial charge in [0.2, 0.25) is 10.0 Å². The first-order chi connectivity index (χ1) is 12.9. The number of fused-ring (bicyclic) bond motifs is 1. The third-order valence-electron chi connectivity index (χ3n) is 3.86. The Labute approximate surface area is 163 Å². The van der Waals surface area contributed by atoms with Crippen molar-refractivity contribution in [3.8, 4) is 23.0 Å².